The van der Waals surface area contributed by atoms with Gasteiger partial charge in [-0.3, -0.25) is 9.59 Å². The predicted octanol–water partition coefficient (Wildman–Crippen LogP) is 1.07. The number of rotatable bonds is 4. The Hall–Kier alpha value is -2.12. The minimum Gasteiger partial charge on any atom is -0.497 e. The van der Waals surface area contributed by atoms with E-state index in [2.05, 4.69) is 5.32 Å². The van der Waals surface area contributed by atoms with Crippen LogP contribution in [0.25, 0.3) is 0 Å². The quantitative estimate of drug-likeness (QED) is 0.834. The van der Waals surface area contributed by atoms with Gasteiger partial charge in [-0.15, -0.1) is 0 Å². The number of benzene rings is 1. The molecule has 2 fully saturated rings. The van der Waals surface area contributed by atoms with Crippen molar-refractivity contribution in [2.75, 3.05) is 18.6 Å². The third-order valence-electron chi connectivity index (χ3n) is 4.26. The third kappa shape index (κ3) is 2.97. The summed E-state index contributed by atoms with van der Waals surface area (Å²) in [6, 6.07) is 6.30. The van der Waals surface area contributed by atoms with E-state index in [4.69, 9.17) is 14.2 Å². The van der Waals surface area contributed by atoms with Crippen molar-refractivity contribution >= 4 is 17.5 Å². The number of β-lactam (4-membered cyclic amide) rings is 1. The molecule has 24 heavy (non-hydrogen) atoms. The van der Waals surface area contributed by atoms with Crippen LogP contribution in [0.4, 0.5) is 5.69 Å². The molecule has 2 saturated heterocycles. The van der Waals surface area contributed by atoms with Gasteiger partial charge in [-0.25, -0.2) is 0 Å². The predicted molar refractivity (Wildman–Crippen MR) is 86.8 cm³/mol. The Morgan fingerprint density at radius 2 is 2.00 bits per heavy atom. The monoisotopic (exact) mass is 334 g/mol. The van der Waals surface area contributed by atoms with Gasteiger partial charge in [0, 0.05) is 12.6 Å². The number of methoxy groups -OCH3 is 1. The van der Waals surface area contributed by atoms with Crippen molar-refractivity contribution in [3.8, 4) is 5.75 Å². The van der Waals surface area contributed by atoms with Gasteiger partial charge in [0.1, 0.15) is 17.9 Å². The van der Waals surface area contributed by atoms with E-state index in [1.165, 1.54) is 6.92 Å². The summed E-state index contributed by atoms with van der Waals surface area (Å²) in [4.78, 5) is 25.6. The molecule has 3 rings (SSSR count). The Balaban J connectivity index is 1.86. The van der Waals surface area contributed by atoms with Crippen LogP contribution < -0.4 is 15.0 Å². The molecule has 2 amide bonds. The molecule has 1 N–H and O–H groups in total. The molecular formula is C17H22N2O5. The number of hydrogen-bond donors (Lipinski definition) is 1. The molecule has 0 bridgehead atoms. The van der Waals surface area contributed by atoms with Gasteiger partial charge in [-0.05, 0) is 38.1 Å². The standard InChI is InChI=1S/C17H22N2O5/c1-10(20)18-14-15(13-9-23-17(2,3)24-13)19(16(14)21)11-5-7-12(22-4)8-6-11/h5-8,13-15H,9H2,1-4H3,(H,18,20)/t13?,14-,15+/m0/s1. The maximum absolute atomic E-state index is 12.6. The van der Waals surface area contributed by atoms with E-state index in [1.807, 2.05) is 26.0 Å². The van der Waals surface area contributed by atoms with Crippen LogP contribution in [0.15, 0.2) is 24.3 Å². The average molecular weight is 334 g/mol. The molecule has 0 spiro atoms. The molecule has 0 aromatic heterocycles. The first kappa shape index (κ1) is 16.7. The molecule has 2 heterocycles. The molecule has 2 aliphatic rings. The largest absolute Gasteiger partial charge is 0.497 e. The van der Waals surface area contributed by atoms with E-state index < -0.39 is 11.8 Å². The Morgan fingerprint density at radius 1 is 1.33 bits per heavy atom. The van der Waals surface area contributed by atoms with Crippen LogP contribution in [0.1, 0.15) is 20.8 Å². The van der Waals surface area contributed by atoms with Crippen molar-refractivity contribution in [3.05, 3.63) is 24.3 Å². The van der Waals surface area contributed by atoms with Crippen molar-refractivity contribution in [3.63, 3.8) is 0 Å². The fraction of sp³-hybridized carbons (Fsp3) is 0.529. The number of hydrogen-bond acceptors (Lipinski definition) is 5. The number of carbonyl (C=O) groups excluding carboxylic acids is 2. The highest BCUT2D eigenvalue weighted by molar-refractivity contribution is 6.07. The number of nitrogens with zero attached hydrogens (tertiary/aromatic N) is 1. The number of ether oxygens (including phenoxy) is 3. The zero-order valence-corrected chi connectivity index (χ0v) is 14.2. The van der Waals surface area contributed by atoms with Crippen LogP contribution in [0.3, 0.4) is 0 Å². The molecule has 130 valence electrons. The van der Waals surface area contributed by atoms with Gasteiger partial charge in [0.25, 0.3) is 5.91 Å². The van der Waals surface area contributed by atoms with Crippen LogP contribution in [0.2, 0.25) is 0 Å². The first-order chi connectivity index (χ1) is 11.3. The van der Waals surface area contributed by atoms with Crippen LogP contribution in [-0.4, -0.2) is 49.5 Å². The van der Waals surface area contributed by atoms with Gasteiger partial charge in [-0.1, -0.05) is 0 Å². The molecule has 0 radical (unpaired) electrons. The summed E-state index contributed by atoms with van der Waals surface area (Å²) in [5.74, 6) is -0.391. The molecule has 1 aromatic rings. The van der Waals surface area contributed by atoms with Crippen LogP contribution >= 0.6 is 0 Å². The Bertz CT molecular complexity index is 643. The number of carbonyl (C=O) groups is 2. The van der Waals surface area contributed by atoms with E-state index in [1.54, 1.807) is 24.1 Å². The van der Waals surface area contributed by atoms with E-state index >= 15 is 0 Å². The molecule has 1 aromatic carbocycles. The first-order valence-corrected chi connectivity index (χ1v) is 7.88. The highest BCUT2D eigenvalue weighted by atomic mass is 16.7. The van der Waals surface area contributed by atoms with Crippen molar-refractivity contribution in [1.82, 2.24) is 5.32 Å². The lowest BCUT2D eigenvalue weighted by Gasteiger charge is -2.49. The number of nitrogens with one attached hydrogen (secondary N) is 1. The van der Waals surface area contributed by atoms with Gasteiger partial charge in [-0.2, -0.15) is 0 Å². The molecular weight excluding hydrogens is 312 g/mol. The Morgan fingerprint density at radius 3 is 2.50 bits per heavy atom. The van der Waals surface area contributed by atoms with Gasteiger partial charge >= 0.3 is 0 Å². The average Bonchev–Trinajstić information content (AvgIpc) is 2.89. The lowest BCUT2D eigenvalue weighted by molar-refractivity contribution is -0.150. The Kier molecular flexibility index (Phi) is 4.23. The van der Waals surface area contributed by atoms with Gasteiger partial charge in [0.2, 0.25) is 5.91 Å². The lowest BCUT2D eigenvalue weighted by atomic mass is 9.89. The van der Waals surface area contributed by atoms with Crippen molar-refractivity contribution in [1.29, 1.82) is 0 Å². The van der Waals surface area contributed by atoms with Gasteiger partial charge in [0.05, 0.1) is 19.8 Å². The normalized spacial score (nSPS) is 28.4. The van der Waals surface area contributed by atoms with E-state index in [0.29, 0.717) is 12.4 Å². The molecule has 7 nitrogen and oxygen atoms in total. The molecule has 3 atom stereocenters. The second-order valence-corrected chi connectivity index (χ2v) is 6.44. The molecule has 1 unspecified atom stereocenters. The van der Waals surface area contributed by atoms with Crippen molar-refractivity contribution in [2.24, 2.45) is 0 Å². The molecule has 0 saturated carbocycles. The summed E-state index contributed by atoms with van der Waals surface area (Å²) >= 11 is 0. The first-order valence-electron chi connectivity index (χ1n) is 7.88. The third-order valence-corrected chi connectivity index (χ3v) is 4.26. The smallest absolute Gasteiger partial charge is 0.252 e. The molecule has 0 aliphatic carbocycles. The maximum Gasteiger partial charge on any atom is 0.252 e. The maximum atomic E-state index is 12.6. The number of anilines is 1. The summed E-state index contributed by atoms with van der Waals surface area (Å²) in [6.45, 7) is 5.43. The second-order valence-electron chi connectivity index (χ2n) is 6.44. The SMILES string of the molecule is COc1ccc(N2C(=O)[C@@H](NC(C)=O)[C@H]2C2COC(C)(C)O2)cc1. The van der Waals surface area contributed by atoms with Crippen LogP contribution in [-0.2, 0) is 19.1 Å². The fourth-order valence-corrected chi connectivity index (χ4v) is 3.18. The van der Waals surface area contributed by atoms with E-state index in [9.17, 15) is 9.59 Å². The van der Waals surface area contributed by atoms with Crippen molar-refractivity contribution in [2.45, 2.75) is 44.7 Å². The van der Waals surface area contributed by atoms with Gasteiger partial charge < -0.3 is 24.4 Å². The fourth-order valence-electron chi connectivity index (χ4n) is 3.18. The highest BCUT2D eigenvalue weighted by Gasteiger charge is 2.55. The van der Waals surface area contributed by atoms with E-state index in [0.717, 1.165) is 5.69 Å². The molecule has 2 aliphatic heterocycles. The second kappa shape index (κ2) is 6.07. The lowest BCUT2D eigenvalue weighted by Crippen LogP contribution is -2.75. The van der Waals surface area contributed by atoms with Crippen molar-refractivity contribution < 1.29 is 23.8 Å². The number of amides is 2. The summed E-state index contributed by atoms with van der Waals surface area (Å²) < 4.78 is 16.7. The minimum absolute atomic E-state index is 0.159. The molecule has 7 heteroatoms. The van der Waals surface area contributed by atoms with E-state index in [-0.39, 0.29) is 24.0 Å². The Labute approximate surface area is 140 Å². The minimum atomic E-state index is -0.699. The topological polar surface area (TPSA) is 77.1 Å². The van der Waals surface area contributed by atoms with Gasteiger partial charge in [0.15, 0.2) is 5.79 Å². The summed E-state index contributed by atoms with van der Waals surface area (Å²) in [5.41, 5.74) is 0.737. The zero-order valence-electron chi connectivity index (χ0n) is 14.2. The summed E-state index contributed by atoms with van der Waals surface area (Å²) in [5, 5.41) is 2.72. The van der Waals surface area contributed by atoms with Crippen LogP contribution in [0, 0.1) is 0 Å². The van der Waals surface area contributed by atoms with Crippen LogP contribution in [0.5, 0.6) is 5.75 Å². The summed E-state index contributed by atoms with van der Waals surface area (Å²) in [6.07, 6.45) is -0.309. The highest BCUT2D eigenvalue weighted by Crippen LogP contribution is 2.36. The zero-order chi connectivity index (χ0) is 17.5. The summed E-state index contributed by atoms with van der Waals surface area (Å²) in [7, 11) is 1.59.